The molecule has 8 heteroatoms. The fraction of sp³-hybridized carbons (Fsp3) is 0.727. The molecule has 0 spiro atoms. The number of aryl methyl sites for hydroxylation is 1. The van der Waals surface area contributed by atoms with Crippen molar-refractivity contribution >= 4 is 15.8 Å². The third-order valence-electron chi connectivity index (χ3n) is 2.79. The van der Waals surface area contributed by atoms with Gasteiger partial charge in [0.2, 0.25) is 10.0 Å². The Kier molecular flexibility index (Phi) is 4.59. The van der Waals surface area contributed by atoms with Crippen molar-refractivity contribution in [2.24, 2.45) is 11.7 Å². The predicted molar refractivity (Wildman–Crippen MR) is 72.9 cm³/mol. The molecule has 0 saturated heterocycles. The van der Waals surface area contributed by atoms with Gasteiger partial charge in [-0.15, -0.1) is 0 Å². The third-order valence-corrected chi connectivity index (χ3v) is 4.59. The molecule has 0 aliphatic carbocycles. The Labute approximate surface area is 113 Å². The third kappa shape index (κ3) is 3.68. The number of nitrogen functional groups attached to an aromatic ring is 1. The van der Waals surface area contributed by atoms with E-state index < -0.39 is 15.6 Å². The summed E-state index contributed by atoms with van der Waals surface area (Å²) in [5.41, 5.74) is 10.5. The van der Waals surface area contributed by atoms with Crippen LogP contribution in [-0.2, 0) is 10.0 Å². The maximum Gasteiger partial charge on any atom is 0.248 e. The van der Waals surface area contributed by atoms with E-state index in [2.05, 4.69) is 9.88 Å². The molecule has 0 radical (unpaired) electrons. The maximum absolute atomic E-state index is 12.3. The van der Waals surface area contributed by atoms with Crippen LogP contribution in [0.4, 0.5) is 5.82 Å². The van der Waals surface area contributed by atoms with Crippen LogP contribution in [0.5, 0.6) is 0 Å². The van der Waals surface area contributed by atoms with E-state index in [0.29, 0.717) is 12.3 Å². The quantitative estimate of drug-likeness (QED) is 0.705. The Bertz CT molecular complexity index is 519. The van der Waals surface area contributed by atoms with E-state index in [-0.39, 0.29) is 23.0 Å². The smallest absolute Gasteiger partial charge is 0.248 e. The van der Waals surface area contributed by atoms with Gasteiger partial charge >= 0.3 is 0 Å². The summed E-state index contributed by atoms with van der Waals surface area (Å²) in [5.74, 6) is 0.319. The van der Waals surface area contributed by atoms with Crippen LogP contribution in [0.15, 0.2) is 9.42 Å². The molecule has 0 aliphatic heterocycles. The summed E-state index contributed by atoms with van der Waals surface area (Å²) >= 11 is 0. The second-order valence-corrected chi connectivity index (χ2v) is 7.04. The highest BCUT2D eigenvalue weighted by atomic mass is 32.2. The second-order valence-electron chi connectivity index (χ2n) is 5.42. The van der Waals surface area contributed by atoms with Crippen LogP contribution in [-0.4, -0.2) is 25.7 Å². The summed E-state index contributed by atoms with van der Waals surface area (Å²) in [6, 6.07) is 0. The van der Waals surface area contributed by atoms with Crippen molar-refractivity contribution in [1.82, 2.24) is 9.88 Å². The summed E-state index contributed by atoms with van der Waals surface area (Å²) in [7, 11) is -3.80. The van der Waals surface area contributed by atoms with Gasteiger partial charge in [0.05, 0.1) is 0 Å². The zero-order valence-corrected chi connectivity index (χ0v) is 12.5. The highest BCUT2D eigenvalue weighted by Gasteiger charge is 2.33. The van der Waals surface area contributed by atoms with Gasteiger partial charge in [0.1, 0.15) is 0 Å². The molecular weight excluding hydrogens is 268 g/mol. The lowest BCUT2D eigenvalue weighted by molar-refractivity contribution is 0.344. The standard InChI is InChI=1S/C11H22N4O3S/c1-7(2)5-11(4,6-12)15-19(16,17)9-8(3)18-14-10(9)13/h7,15H,5-6,12H2,1-4H3,(H2,13,14). The fourth-order valence-corrected chi connectivity index (χ4v) is 3.80. The van der Waals surface area contributed by atoms with Gasteiger partial charge in [0.25, 0.3) is 0 Å². The average molecular weight is 290 g/mol. The van der Waals surface area contributed by atoms with Crippen molar-refractivity contribution in [3.63, 3.8) is 0 Å². The minimum Gasteiger partial charge on any atom is -0.380 e. The summed E-state index contributed by atoms with van der Waals surface area (Å²) in [5, 5.41) is 3.45. The van der Waals surface area contributed by atoms with Crippen molar-refractivity contribution in [3.05, 3.63) is 5.76 Å². The van der Waals surface area contributed by atoms with Gasteiger partial charge in [-0.3, -0.25) is 0 Å². The average Bonchev–Trinajstić information content (AvgIpc) is 2.56. The Morgan fingerprint density at radius 3 is 2.42 bits per heavy atom. The molecule has 110 valence electrons. The predicted octanol–water partition coefficient (Wildman–Crippen LogP) is 0.607. The Hall–Kier alpha value is -1.12. The normalized spacial score (nSPS) is 15.7. The van der Waals surface area contributed by atoms with Crippen LogP contribution in [0.1, 0.15) is 33.0 Å². The number of anilines is 1. The number of sulfonamides is 1. The number of hydrogen-bond donors (Lipinski definition) is 3. The molecule has 1 aromatic rings. The zero-order chi connectivity index (χ0) is 14.8. The highest BCUT2D eigenvalue weighted by molar-refractivity contribution is 7.89. The van der Waals surface area contributed by atoms with Crippen molar-refractivity contribution in [3.8, 4) is 0 Å². The van der Waals surface area contributed by atoms with Crippen LogP contribution in [0.2, 0.25) is 0 Å². The van der Waals surface area contributed by atoms with Gasteiger partial charge in [0, 0.05) is 12.1 Å². The van der Waals surface area contributed by atoms with E-state index in [1.54, 1.807) is 6.92 Å². The molecule has 1 rings (SSSR count). The topological polar surface area (TPSA) is 124 Å². The molecule has 7 nitrogen and oxygen atoms in total. The lowest BCUT2D eigenvalue weighted by atomic mass is 9.92. The van der Waals surface area contributed by atoms with Crippen LogP contribution in [0.3, 0.4) is 0 Å². The van der Waals surface area contributed by atoms with Crippen LogP contribution in [0, 0.1) is 12.8 Å². The molecule has 0 saturated carbocycles. The minimum atomic E-state index is -3.80. The molecule has 1 heterocycles. The van der Waals surface area contributed by atoms with E-state index in [1.807, 2.05) is 13.8 Å². The van der Waals surface area contributed by atoms with Gasteiger partial charge < -0.3 is 16.0 Å². The lowest BCUT2D eigenvalue weighted by Crippen LogP contribution is -2.52. The van der Waals surface area contributed by atoms with E-state index in [4.69, 9.17) is 16.0 Å². The molecule has 0 amide bonds. The molecule has 1 atom stereocenters. The van der Waals surface area contributed by atoms with Crippen molar-refractivity contribution in [2.45, 2.75) is 44.6 Å². The summed E-state index contributed by atoms with van der Waals surface area (Å²) in [6.45, 7) is 7.46. The monoisotopic (exact) mass is 290 g/mol. The molecule has 5 N–H and O–H groups in total. The largest absolute Gasteiger partial charge is 0.380 e. The van der Waals surface area contributed by atoms with Gasteiger partial charge in [-0.25, -0.2) is 13.1 Å². The first kappa shape index (κ1) is 15.9. The van der Waals surface area contributed by atoms with E-state index in [9.17, 15) is 8.42 Å². The highest BCUT2D eigenvalue weighted by Crippen LogP contribution is 2.24. The Morgan fingerprint density at radius 2 is 2.05 bits per heavy atom. The summed E-state index contributed by atoms with van der Waals surface area (Å²) < 4.78 is 32.1. The maximum atomic E-state index is 12.3. The van der Waals surface area contributed by atoms with Crippen LogP contribution < -0.4 is 16.2 Å². The zero-order valence-electron chi connectivity index (χ0n) is 11.7. The fourth-order valence-electron chi connectivity index (χ4n) is 2.15. The van der Waals surface area contributed by atoms with Crippen molar-refractivity contribution in [1.29, 1.82) is 0 Å². The van der Waals surface area contributed by atoms with Crippen LogP contribution >= 0.6 is 0 Å². The van der Waals surface area contributed by atoms with Crippen LogP contribution in [0.25, 0.3) is 0 Å². The first-order valence-electron chi connectivity index (χ1n) is 6.07. The van der Waals surface area contributed by atoms with Gasteiger partial charge in [-0.05, 0) is 26.2 Å². The van der Waals surface area contributed by atoms with Crippen molar-refractivity contribution in [2.75, 3.05) is 12.3 Å². The molecule has 0 bridgehead atoms. The molecule has 0 aromatic carbocycles. The number of rotatable bonds is 6. The number of nitrogens with one attached hydrogen (secondary N) is 1. The number of aromatic nitrogens is 1. The van der Waals surface area contributed by atoms with Gasteiger partial charge in [-0.1, -0.05) is 19.0 Å². The first-order valence-corrected chi connectivity index (χ1v) is 7.55. The summed E-state index contributed by atoms with van der Waals surface area (Å²) in [6.07, 6.45) is 0.618. The number of nitrogens with zero attached hydrogens (tertiary/aromatic N) is 1. The molecule has 1 aromatic heterocycles. The summed E-state index contributed by atoms with van der Waals surface area (Å²) in [4.78, 5) is -0.115. The lowest BCUT2D eigenvalue weighted by Gasteiger charge is -2.30. The Balaban J connectivity index is 3.09. The SMILES string of the molecule is Cc1onc(N)c1S(=O)(=O)NC(C)(CN)CC(C)C. The van der Waals surface area contributed by atoms with Gasteiger partial charge in [0.15, 0.2) is 16.5 Å². The molecule has 0 aliphatic rings. The van der Waals surface area contributed by atoms with E-state index >= 15 is 0 Å². The number of nitrogens with two attached hydrogens (primary N) is 2. The van der Waals surface area contributed by atoms with Crippen molar-refractivity contribution < 1.29 is 12.9 Å². The minimum absolute atomic E-state index is 0.115. The number of hydrogen-bond acceptors (Lipinski definition) is 6. The Morgan fingerprint density at radius 1 is 1.47 bits per heavy atom. The second kappa shape index (κ2) is 5.48. The molecular formula is C11H22N4O3S. The molecule has 19 heavy (non-hydrogen) atoms. The first-order chi connectivity index (χ1) is 8.61. The van der Waals surface area contributed by atoms with E-state index in [0.717, 1.165) is 0 Å². The molecule has 1 unspecified atom stereocenters. The van der Waals surface area contributed by atoms with E-state index in [1.165, 1.54) is 6.92 Å². The molecule has 0 fully saturated rings. The van der Waals surface area contributed by atoms with Gasteiger partial charge in [-0.2, -0.15) is 0 Å².